The van der Waals surface area contributed by atoms with Crippen molar-refractivity contribution in [2.75, 3.05) is 6.54 Å². The largest absolute Gasteiger partial charge is 0.387 e. The number of carbonyl (C=O) groups excluding carboxylic acids is 1. The van der Waals surface area contributed by atoms with Gasteiger partial charge in [0.05, 0.1) is 6.54 Å². The van der Waals surface area contributed by atoms with Gasteiger partial charge in [-0.1, -0.05) is 0 Å². The van der Waals surface area contributed by atoms with E-state index in [1.807, 2.05) is 10.5 Å². The minimum absolute atomic E-state index is 0.390. The van der Waals surface area contributed by atoms with Crippen LogP contribution in [0.25, 0.3) is 0 Å². The van der Waals surface area contributed by atoms with E-state index in [0.29, 0.717) is 0 Å². The molecule has 0 bridgehead atoms. The Labute approximate surface area is 128 Å². The average molecular weight is 332 g/mol. The summed E-state index contributed by atoms with van der Waals surface area (Å²) in [4.78, 5) is 40.2. The Morgan fingerprint density at radius 2 is 2.17 bits per heavy atom. The van der Waals surface area contributed by atoms with Gasteiger partial charge < -0.3 is 25.8 Å². The molecule has 0 saturated carbocycles. The Morgan fingerprint density at radius 1 is 1.48 bits per heavy atom. The number of aliphatic hydroxyl groups excluding tert-OH is 3. The maximum atomic E-state index is 11.7. The molecule has 12 nitrogen and oxygen atoms in total. The Morgan fingerprint density at radius 3 is 2.78 bits per heavy atom. The number of hydrogen-bond acceptors (Lipinski definition) is 9. The van der Waals surface area contributed by atoms with Gasteiger partial charge in [0.25, 0.3) is 11.5 Å². The summed E-state index contributed by atoms with van der Waals surface area (Å²) >= 11 is 0. The molecule has 2 heterocycles. The van der Waals surface area contributed by atoms with Crippen molar-refractivity contribution in [2.24, 2.45) is 5.73 Å². The molecule has 1 saturated heterocycles. The second-order valence-corrected chi connectivity index (χ2v) is 4.73. The quantitative estimate of drug-likeness (QED) is 0.228. The van der Waals surface area contributed by atoms with Gasteiger partial charge in [-0.2, -0.15) is 0 Å². The molecule has 128 valence electrons. The average Bonchev–Trinajstić information content (AvgIpc) is 2.81. The highest BCUT2D eigenvalue weighted by Gasteiger charge is 2.48. The molecule has 5 atom stereocenters. The second kappa shape index (κ2) is 6.99. The van der Waals surface area contributed by atoms with E-state index in [9.17, 15) is 29.7 Å². The van der Waals surface area contributed by atoms with Crippen LogP contribution in [0.4, 0.5) is 0 Å². The number of H-pyrrole nitrogens is 1. The summed E-state index contributed by atoms with van der Waals surface area (Å²) in [5.74, 6) is -0.731. The zero-order valence-electron chi connectivity index (χ0n) is 11.7. The van der Waals surface area contributed by atoms with E-state index in [1.165, 1.54) is 0 Å². The fourth-order valence-electron chi connectivity index (χ4n) is 2.01. The van der Waals surface area contributed by atoms with Crippen molar-refractivity contribution in [3.8, 4) is 0 Å². The molecule has 23 heavy (non-hydrogen) atoms. The van der Waals surface area contributed by atoms with Crippen LogP contribution in [-0.2, 0) is 14.4 Å². The molecule has 0 radical (unpaired) electrons. The maximum absolute atomic E-state index is 11.7. The van der Waals surface area contributed by atoms with E-state index >= 15 is 0 Å². The monoisotopic (exact) mass is 332 g/mol. The lowest BCUT2D eigenvalue weighted by molar-refractivity contribution is -0.222. The van der Waals surface area contributed by atoms with Crippen molar-refractivity contribution >= 4 is 5.91 Å². The molecule has 1 fully saturated rings. The number of aliphatic hydroxyl groups is 3. The van der Waals surface area contributed by atoms with Crippen LogP contribution < -0.4 is 22.5 Å². The van der Waals surface area contributed by atoms with Gasteiger partial charge in [0, 0.05) is 12.3 Å². The van der Waals surface area contributed by atoms with Gasteiger partial charge in [0.1, 0.15) is 18.3 Å². The van der Waals surface area contributed by atoms with Crippen LogP contribution in [0.2, 0.25) is 0 Å². The Bertz CT molecular complexity index is 672. The molecule has 0 aliphatic carbocycles. The number of rotatable bonds is 5. The van der Waals surface area contributed by atoms with Crippen LogP contribution >= 0.6 is 0 Å². The standard InChI is InChI=1S/C11H16N4O8/c12-3-5(17)14-23-10(20)8-6(18)7(19)9(22-8)15-2-1-4(16)13-11(15)21/h1-2,6-10,18-20H,3,12H2,(H,14,17)(H,13,16,21)/t6-,7+,8-,9+,10?/m0/s1. The molecule has 1 aliphatic rings. The molecular formula is C11H16N4O8. The molecule has 1 aromatic heterocycles. The lowest BCUT2D eigenvalue weighted by Gasteiger charge is -2.20. The van der Waals surface area contributed by atoms with E-state index < -0.39 is 54.5 Å². The third-order valence-electron chi connectivity index (χ3n) is 3.16. The van der Waals surface area contributed by atoms with Crippen LogP contribution in [0.3, 0.4) is 0 Å². The minimum atomic E-state index is -1.83. The van der Waals surface area contributed by atoms with Gasteiger partial charge in [-0.05, 0) is 0 Å². The second-order valence-electron chi connectivity index (χ2n) is 4.73. The summed E-state index contributed by atoms with van der Waals surface area (Å²) in [6.45, 7) is -0.390. The first-order chi connectivity index (χ1) is 10.8. The zero-order chi connectivity index (χ0) is 17.1. The number of hydroxylamine groups is 1. The molecule has 7 N–H and O–H groups in total. The number of amides is 1. The Kier molecular flexibility index (Phi) is 5.25. The summed E-state index contributed by atoms with van der Waals surface area (Å²) in [6.07, 6.45) is -6.82. The van der Waals surface area contributed by atoms with E-state index in [0.717, 1.165) is 16.8 Å². The first-order valence-corrected chi connectivity index (χ1v) is 6.51. The molecule has 2 rings (SSSR count). The van der Waals surface area contributed by atoms with Crippen LogP contribution in [-0.4, -0.2) is 61.9 Å². The summed E-state index contributed by atoms with van der Waals surface area (Å²) < 4.78 is 6.04. The predicted octanol–water partition coefficient (Wildman–Crippen LogP) is -4.52. The minimum Gasteiger partial charge on any atom is -0.387 e. The highest BCUT2D eigenvalue weighted by Crippen LogP contribution is 2.30. The van der Waals surface area contributed by atoms with Crippen LogP contribution in [0.15, 0.2) is 21.9 Å². The van der Waals surface area contributed by atoms with Crippen LogP contribution in [0.1, 0.15) is 6.23 Å². The van der Waals surface area contributed by atoms with Gasteiger partial charge in [0.15, 0.2) is 6.23 Å². The number of aromatic amines is 1. The fourth-order valence-corrected chi connectivity index (χ4v) is 2.01. The third kappa shape index (κ3) is 3.64. The van der Waals surface area contributed by atoms with Gasteiger partial charge in [0.2, 0.25) is 6.29 Å². The number of carbonyl (C=O) groups is 1. The first-order valence-electron chi connectivity index (χ1n) is 6.51. The predicted molar refractivity (Wildman–Crippen MR) is 71.5 cm³/mol. The Balaban J connectivity index is 2.13. The summed E-state index contributed by atoms with van der Waals surface area (Å²) in [7, 11) is 0. The normalized spacial score (nSPS) is 28.5. The van der Waals surface area contributed by atoms with Crippen molar-refractivity contribution in [1.82, 2.24) is 15.0 Å². The topological polar surface area (TPSA) is 189 Å². The first kappa shape index (κ1) is 17.3. The number of nitrogens with two attached hydrogens (primary N) is 1. The third-order valence-corrected chi connectivity index (χ3v) is 3.16. The highest BCUT2D eigenvalue weighted by atomic mass is 16.7. The smallest absolute Gasteiger partial charge is 0.330 e. The van der Waals surface area contributed by atoms with Gasteiger partial charge >= 0.3 is 5.69 Å². The maximum Gasteiger partial charge on any atom is 0.330 e. The van der Waals surface area contributed by atoms with Crippen molar-refractivity contribution in [2.45, 2.75) is 30.8 Å². The SMILES string of the molecule is NCC(=O)NOC(O)[C@H]1O[C@@H](n2ccc(=O)[nH]c2=O)[C@H](O)[C@@H]1O. The molecular weight excluding hydrogens is 316 g/mol. The molecule has 0 aromatic carbocycles. The lowest BCUT2D eigenvalue weighted by Crippen LogP contribution is -2.44. The fraction of sp³-hybridized carbons (Fsp3) is 0.545. The van der Waals surface area contributed by atoms with Crippen LogP contribution in [0, 0.1) is 0 Å². The Hall–Kier alpha value is -2.09. The van der Waals surface area contributed by atoms with Crippen LogP contribution in [0.5, 0.6) is 0 Å². The number of aromatic nitrogens is 2. The van der Waals surface area contributed by atoms with E-state index in [4.69, 9.17) is 10.5 Å². The molecule has 0 spiro atoms. The molecule has 1 unspecified atom stereocenters. The van der Waals surface area contributed by atoms with E-state index in [1.54, 1.807) is 0 Å². The lowest BCUT2D eigenvalue weighted by atomic mass is 10.1. The van der Waals surface area contributed by atoms with Gasteiger partial charge in [-0.3, -0.25) is 19.1 Å². The number of nitrogens with zero attached hydrogens (tertiary/aromatic N) is 1. The van der Waals surface area contributed by atoms with Crippen molar-refractivity contribution < 1.29 is 29.7 Å². The number of hydrogen-bond donors (Lipinski definition) is 6. The highest BCUT2D eigenvalue weighted by molar-refractivity contribution is 5.76. The molecule has 1 amide bonds. The van der Waals surface area contributed by atoms with Crippen molar-refractivity contribution in [3.05, 3.63) is 33.1 Å². The van der Waals surface area contributed by atoms with E-state index in [-0.39, 0.29) is 0 Å². The summed E-state index contributed by atoms with van der Waals surface area (Å²) in [6, 6.07) is 1.02. The number of nitrogens with one attached hydrogen (secondary N) is 2. The molecule has 12 heteroatoms. The van der Waals surface area contributed by atoms with Crippen molar-refractivity contribution in [3.63, 3.8) is 0 Å². The summed E-state index contributed by atoms with van der Waals surface area (Å²) in [5, 5.41) is 29.6. The van der Waals surface area contributed by atoms with Gasteiger partial charge in [-0.25, -0.2) is 15.1 Å². The summed E-state index contributed by atoms with van der Waals surface area (Å²) in [5.41, 5.74) is 5.32. The van der Waals surface area contributed by atoms with Crippen molar-refractivity contribution in [1.29, 1.82) is 0 Å². The van der Waals surface area contributed by atoms with Gasteiger partial charge in [-0.15, -0.1) is 0 Å². The van der Waals surface area contributed by atoms with E-state index in [2.05, 4.69) is 4.84 Å². The zero-order valence-corrected chi connectivity index (χ0v) is 11.7. The number of ether oxygens (including phenoxy) is 1. The molecule has 1 aliphatic heterocycles. The molecule has 1 aromatic rings.